The maximum Gasteiger partial charge on any atom is 0.109 e. The van der Waals surface area contributed by atoms with Crippen molar-refractivity contribution in [3.05, 3.63) is 18.2 Å². The second kappa shape index (κ2) is 7.45. The van der Waals surface area contributed by atoms with E-state index in [0.29, 0.717) is 5.92 Å². The molecule has 0 amide bonds. The van der Waals surface area contributed by atoms with Gasteiger partial charge in [0.05, 0.1) is 0 Å². The molecule has 2 N–H and O–H groups in total. The number of nitrogens with zero attached hydrogens (tertiary/aromatic N) is 3. The zero-order chi connectivity index (χ0) is 12.7. The zero-order valence-electron chi connectivity index (χ0n) is 11.4. The Bertz CT molecular complexity index is 306. The highest BCUT2D eigenvalue weighted by atomic mass is 15.1. The molecule has 0 aromatic carbocycles. The molecule has 0 saturated carbocycles. The van der Waals surface area contributed by atoms with Gasteiger partial charge >= 0.3 is 0 Å². The molecular weight excluding hydrogens is 212 g/mol. The lowest BCUT2D eigenvalue weighted by molar-refractivity contribution is 0.243. The van der Waals surface area contributed by atoms with Gasteiger partial charge in [0.2, 0.25) is 0 Å². The molecule has 1 rings (SSSR count). The van der Waals surface area contributed by atoms with Crippen LogP contribution in [0.1, 0.15) is 26.1 Å². The third kappa shape index (κ3) is 5.33. The summed E-state index contributed by atoms with van der Waals surface area (Å²) >= 11 is 0. The van der Waals surface area contributed by atoms with E-state index in [9.17, 15) is 0 Å². The summed E-state index contributed by atoms with van der Waals surface area (Å²) in [7, 11) is 2.05. The highest BCUT2D eigenvalue weighted by Crippen LogP contribution is 2.03. The molecule has 4 heteroatoms. The molecule has 0 aliphatic heterocycles. The predicted molar refractivity (Wildman–Crippen MR) is 71.9 cm³/mol. The molecule has 0 spiro atoms. The van der Waals surface area contributed by atoms with E-state index < -0.39 is 0 Å². The molecule has 0 atom stereocenters. The fraction of sp³-hybridized carbons (Fsp3) is 0.769. The Kier molecular flexibility index (Phi) is 6.22. The number of hydrogen-bond acceptors (Lipinski definition) is 3. The Hall–Kier alpha value is -0.870. The van der Waals surface area contributed by atoms with Crippen molar-refractivity contribution in [3.63, 3.8) is 0 Å². The number of rotatable bonds is 8. The first-order valence-electron chi connectivity index (χ1n) is 6.52. The van der Waals surface area contributed by atoms with Crippen molar-refractivity contribution in [1.82, 2.24) is 14.5 Å². The second-order valence-corrected chi connectivity index (χ2v) is 5.04. The van der Waals surface area contributed by atoms with Gasteiger partial charge in [0.1, 0.15) is 5.82 Å². The largest absolute Gasteiger partial charge is 0.338 e. The number of aromatic nitrogens is 2. The molecular formula is C13H26N4. The minimum absolute atomic E-state index is 0.703. The van der Waals surface area contributed by atoms with Crippen molar-refractivity contribution in [2.45, 2.75) is 26.7 Å². The molecule has 17 heavy (non-hydrogen) atoms. The van der Waals surface area contributed by atoms with Gasteiger partial charge in [-0.3, -0.25) is 0 Å². The Balaban J connectivity index is 2.40. The van der Waals surface area contributed by atoms with E-state index in [4.69, 9.17) is 5.73 Å². The van der Waals surface area contributed by atoms with Gasteiger partial charge in [-0.2, -0.15) is 0 Å². The number of nitrogens with two attached hydrogens (primary N) is 1. The van der Waals surface area contributed by atoms with E-state index in [2.05, 4.69) is 35.3 Å². The summed E-state index contributed by atoms with van der Waals surface area (Å²) in [6.07, 6.45) is 5.96. The summed E-state index contributed by atoms with van der Waals surface area (Å²) in [5, 5.41) is 0. The van der Waals surface area contributed by atoms with Crippen molar-refractivity contribution >= 4 is 0 Å². The zero-order valence-corrected chi connectivity index (χ0v) is 11.4. The molecule has 0 aliphatic carbocycles. The minimum Gasteiger partial charge on any atom is -0.338 e. The summed E-state index contributed by atoms with van der Waals surface area (Å²) in [6.45, 7) is 8.61. The average molecular weight is 238 g/mol. The fourth-order valence-corrected chi connectivity index (χ4v) is 2.02. The first kappa shape index (κ1) is 14.2. The van der Waals surface area contributed by atoms with Crippen LogP contribution in [0.15, 0.2) is 12.4 Å². The van der Waals surface area contributed by atoms with Crippen LogP contribution in [0.3, 0.4) is 0 Å². The van der Waals surface area contributed by atoms with Gasteiger partial charge in [0.25, 0.3) is 0 Å². The third-order valence-corrected chi connectivity index (χ3v) is 2.87. The standard InChI is InChI=1S/C13H26N4/c1-12(2)11-17(8-4-6-14)9-5-13-15-7-10-16(13)3/h7,10,12H,4-6,8-9,11,14H2,1-3H3. The van der Waals surface area contributed by atoms with Gasteiger partial charge in [-0.1, -0.05) is 13.8 Å². The van der Waals surface area contributed by atoms with Crippen LogP contribution in [0, 0.1) is 5.92 Å². The molecule has 0 radical (unpaired) electrons. The highest BCUT2D eigenvalue weighted by molar-refractivity contribution is 4.91. The van der Waals surface area contributed by atoms with E-state index in [1.54, 1.807) is 0 Å². The molecule has 98 valence electrons. The van der Waals surface area contributed by atoms with Crippen LogP contribution >= 0.6 is 0 Å². The van der Waals surface area contributed by atoms with Crippen molar-refractivity contribution in [2.75, 3.05) is 26.2 Å². The fourth-order valence-electron chi connectivity index (χ4n) is 2.02. The van der Waals surface area contributed by atoms with Crippen molar-refractivity contribution in [3.8, 4) is 0 Å². The molecule has 0 bridgehead atoms. The molecule has 0 saturated heterocycles. The molecule has 0 unspecified atom stereocenters. The summed E-state index contributed by atoms with van der Waals surface area (Å²) in [5.74, 6) is 1.86. The lowest BCUT2D eigenvalue weighted by atomic mass is 10.2. The van der Waals surface area contributed by atoms with Gasteiger partial charge in [0.15, 0.2) is 0 Å². The predicted octanol–water partition coefficient (Wildman–Crippen LogP) is 1.27. The van der Waals surface area contributed by atoms with Gasteiger partial charge in [-0.25, -0.2) is 4.98 Å². The van der Waals surface area contributed by atoms with E-state index in [1.807, 2.05) is 12.4 Å². The second-order valence-electron chi connectivity index (χ2n) is 5.04. The number of aryl methyl sites for hydroxylation is 1. The third-order valence-electron chi connectivity index (χ3n) is 2.87. The quantitative estimate of drug-likeness (QED) is 0.742. The topological polar surface area (TPSA) is 47.1 Å². The summed E-state index contributed by atoms with van der Waals surface area (Å²) in [5.41, 5.74) is 5.58. The smallest absolute Gasteiger partial charge is 0.109 e. The van der Waals surface area contributed by atoms with Crippen molar-refractivity contribution in [1.29, 1.82) is 0 Å². The number of hydrogen-bond donors (Lipinski definition) is 1. The molecule has 1 aromatic heterocycles. The SMILES string of the molecule is CC(C)CN(CCCN)CCc1nccn1C. The van der Waals surface area contributed by atoms with Crippen LogP contribution < -0.4 is 5.73 Å². The monoisotopic (exact) mass is 238 g/mol. The maximum absolute atomic E-state index is 5.58. The lowest BCUT2D eigenvalue weighted by Crippen LogP contribution is -2.32. The molecule has 0 fully saturated rings. The van der Waals surface area contributed by atoms with Gasteiger partial charge < -0.3 is 15.2 Å². The average Bonchev–Trinajstić information content (AvgIpc) is 2.67. The Labute approximate surface area is 105 Å². The summed E-state index contributed by atoms with van der Waals surface area (Å²) < 4.78 is 2.09. The van der Waals surface area contributed by atoms with E-state index in [1.165, 1.54) is 0 Å². The first-order chi connectivity index (χ1) is 8.13. The Morgan fingerprint density at radius 1 is 1.41 bits per heavy atom. The molecule has 0 aliphatic rings. The Morgan fingerprint density at radius 3 is 2.71 bits per heavy atom. The van der Waals surface area contributed by atoms with Crippen molar-refractivity contribution < 1.29 is 0 Å². The molecule has 4 nitrogen and oxygen atoms in total. The summed E-state index contributed by atoms with van der Waals surface area (Å²) in [6, 6.07) is 0. The van der Waals surface area contributed by atoms with Crippen LogP contribution in [0.25, 0.3) is 0 Å². The first-order valence-corrected chi connectivity index (χ1v) is 6.52. The normalized spacial score (nSPS) is 11.6. The Morgan fingerprint density at radius 2 is 2.18 bits per heavy atom. The van der Waals surface area contributed by atoms with Gasteiger partial charge in [-0.05, 0) is 25.4 Å². The van der Waals surface area contributed by atoms with Crippen LogP contribution in [0.5, 0.6) is 0 Å². The molecule has 1 aromatic rings. The van der Waals surface area contributed by atoms with Crippen LogP contribution in [0.2, 0.25) is 0 Å². The minimum atomic E-state index is 0.703. The van der Waals surface area contributed by atoms with E-state index in [-0.39, 0.29) is 0 Å². The summed E-state index contributed by atoms with van der Waals surface area (Å²) in [4.78, 5) is 6.85. The highest BCUT2D eigenvalue weighted by Gasteiger charge is 2.08. The number of imidazole rings is 1. The molecule has 1 heterocycles. The maximum atomic E-state index is 5.58. The van der Waals surface area contributed by atoms with E-state index in [0.717, 1.165) is 44.8 Å². The lowest BCUT2D eigenvalue weighted by Gasteiger charge is -2.23. The van der Waals surface area contributed by atoms with Crippen LogP contribution in [-0.4, -0.2) is 40.6 Å². The van der Waals surface area contributed by atoms with Crippen molar-refractivity contribution in [2.24, 2.45) is 18.7 Å². The van der Waals surface area contributed by atoms with Crippen LogP contribution in [0.4, 0.5) is 0 Å². The van der Waals surface area contributed by atoms with Crippen LogP contribution in [-0.2, 0) is 13.5 Å². The van der Waals surface area contributed by atoms with Gasteiger partial charge in [0, 0.05) is 39.0 Å². The van der Waals surface area contributed by atoms with Gasteiger partial charge in [-0.15, -0.1) is 0 Å². The van der Waals surface area contributed by atoms with E-state index >= 15 is 0 Å².